The van der Waals surface area contributed by atoms with E-state index in [-0.39, 0.29) is 18.4 Å². The zero-order valence-electron chi connectivity index (χ0n) is 17.8. The van der Waals surface area contributed by atoms with Crippen molar-refractivity contribution in [3.63, 3.8) is 0 Å². The molecule has 0 atom stereocenters. The van der Waals surface area contributed by atoms with Crippen molar-refractivity contribution in [2.45, 2.75) is 77.6 Å². The van der Waals surface area contributed by atoms with Gasteiger partial charge in [-0.1, -0.05) is 68.4 Å². The summed E-state index contributed by atoms with van der Waals surface area (Å²) in [5.41, 5.74) is 0. The second-order valence-electron chi connectivity index (χ2n) is 7.67. The summed E-state index contributed by atoms with van der Waals surface area (Å²) in [5.74, 6) is 0.854. The zero-order chi connectivity index (χ0) is 20.3. The second-order valence-corrected chi connectivity index (χ2v) is 7.67. The summed E-state index contributed by atoms with van der Waals surface area (Å²) in [7, 11) is 0. The fraction of sp³-hybridized carbons (Fsp3) is 0.640. The number of hydrogen-bond acceptors (Lipinski definition) is 2. The minimum absolute atomic E-state index is 0.0172. The van der Waals surface area contributed by atoms with Crippen LogP contribution in [0.15, 0.2) is 48.6 Å². The number of unbranched alkanes of at least 4 members (excludes halogenated alkanes) is 3. The molecule has 158 valence electrons. The highest BCUT2D eigenvalue weighted by Crippen LogP contribution is 2.29. The molecule has 1 rings (SSSR count). The second kappa shape index (κ2) is 17.5. The molecule has 1 saturated carbocycles. The van der Waals surface area contributed by atoms with Crippen molar-refractivity contribution >= 4 is 5.91 Å². The van der Waals surface area contributed by atoms with Gasteiger partial charge in [0.25, 0.3) is 0 Å². The van der Waals surface area contributed by atoms with Crippen LogP contribution >= 0.6 is 0 Å². The molecule has 2 N–H and O–H groups in total. The molecule has 0 aromatic heterocycles. The number of nitrogens with one attached hydrogen (secondary N) is 1. The van der Waals surface area contributed by atoms with Crippen molar-refractivity contribution in [2.75, 3.05) is 13.2 Å². The number of rotatable bonds is 14. The van der Waals surface area contributed by atoms with E-state index >= 15 is 0 Å². The van der Waals surface area contributed by atoms with Gasteiger partial charge in [-0.15, -0.1) is 0 Å². The first-order valence-corrected chi connectivity index (χ1v) is 11.3. The van der Waals surface area contributed by atoms with Crippen LogP contribution in [0.25, 0.3) is 0 Å². The Hall–Kier alpha value is -1.61. The van der Waals surface area contributed by atoms with Crippen molar-refractivity contribution < 1.29 is 9.90 Å². The summed E-state index contributed by atoms with van der Waals surface area (Å²) >= 11 is 0. The predicted molar refractivity (Wildman–Crippen MR) is 120 cm³/mol. The number of aliphatic hydroxyl groups excluding tert-OH is 1. The Bertz CT molecular complexity index is 497. The third kappa shape index (κ3) is 12.7. The molecule has 28 heavy (non-hydrogen) atoms. The molecule has 0 heterocycles. The highest BCUT2D eigenvalue weighted by atomic mass is 16.3. The normalized spacial score (nSPS) is 20.8. The van der Waals surface area contributed by atoms with Crippen molar-refractivity contribution in [3.05, 3.63) is 48.6 Å². The van der Waals surface area contributed by atoms with E-state index in [0.717, 1.165) is 44.9 Å². The lowest BCUT2D eigenvalue weighted by Crippen LogP contribution is -2.34. The maximum Gasteiger partial charge on any atom is 0.223 e. The summed E-state index contributed by atoms with van der Waals surface area (Å²) < 4.78 is 0. The number of carbonyl (C=O) groups is 1. The third-order valence-corrected chi connectivity index (χ3v) is 5.25. The fourth-order valence-electron chi connectivity index (χ4n) is 3.52. The average Bonchev–Trinajstić information content (AvgIpc) is 2.72. The monoisotopic (exact) mass is 387 g/mol. The van der Waals surface area contributed by atoms with Crippen LogP contribution in [0.5, 0.6) is 0 Å². The molecule has 1 amide bonds. The Balaban J connectivity index is 2.04. The Morgan fingerprint density at radius 2 is 1.50 bits per heavy atom. The minimum Gasteiger partial charge on any atom is -0.395 e. The lowest BCUT2D eigenvalue weighted by Gasteiger charge is -2.25. The third-order valence-electron chi connectivity index (χ3n) is 5.25. The van der Waals surface area contributed by atoms with Gasteiger partial charge in [0.05, 0.1) is 6.61 Å². The molecule has 0 radical (unpaired) electrons. The van der Waals surface area contributed by atoms with E-state index in [0.29, 0.717) is 12.5 Å². The number of allylic oxidation sites excluding steroid dienone is 8. The van der Waals surface area contributed by atoms with Gasteiger partial charge in [-0.25, -0.2) is 0 Å². The SMILES string of the molecule is CCCCC/C=C\C/C=C\C/C=C\C/C=C\C1CCC(C(=O)NCCO)CC1. The van der Waals surface area contributed by atoms with Gasteiger partial charge in [-0.05, 0) is 63.7 Å². The van der Waals surface area contributed by atoms with Crippen molar-refractivity contribution in [2.24, 2.45) is 11.8 Å². The Kier molecular flexibility index (Phi) is 15.3. The Labute approximate surface area is 172 Å². The number of aliphatic hydroxyl groups is 1. The largest absolute Gasteiger partial charge is 0.395 e. The first-order chi connectivity index (χ1) is 13.8. The molecule has 0 bridgehead atoms. The van der Waals surface area contributed by atoms with Crippen LogP contribution in [-0.2, 0) is 4.79 Å². The summed E-state index contributed by atoms with van der Waals surface area (Å²) in [6.45, 7) is 2.63. The van der Waals surface area contributed by atoms with Gasteiger partial charge in [0, 0.05) is 12.5 Å². The molecule has 1 fully saturated rings. The van der Waals surface area contributed by atoms with Gasteiger partial charge in [-0.3, -0.25) is 4.79 Å². The molecule has 0 aromatic rings. The maximum atomic E-state index is 11.9. The Morgan fingerprint density at radius 3 is 2.11 bits per heavy atom. The minimum atomic E-state index is 0.0172. The van der Waals surface area contributed by atoms with Crippen LogP contribution in [0.2, 0.25) is 0 Å². The van der Waals surface area contributed by atoms with Crippen molar-refractivity contribution in [1.82, 2.24) is 5.32 Å². The molecule has 0 aromatic carbocycles. The quantitative estimate of drug-likeness (QED) is 0.289. The zero-order valence-corrected chi connectivity index (χ0v) is 17.8. The van der Waals surface area contributed by atoms with E-state index in [2.05, 4.69) is 60.8 Å². The molecule has 3 heteroatoms. The number of amides is 1. The average molecular weight is 388 g/mol. The molecule has 0 saturated heterocycles. The standard InChI is InChI=1S/C25H41NO2/c1-2-3-4-5-6-7-8-9-10-11-12-13-14-15-16-23-17-19-24(20-18-23)25(28)26-21-22-27/h6-7,9-10,12-13,15-16,23-24,27H,2-5,8,11,14,17-22H2,1H3,(H,26,28)/b7-6-,10-9-,13-12-,16-15-. The van der Waals surface area contributed by atoms with Crippen LogP contribution in [-0.4, -0.2) is 24.2 Å². The summed E-state index contributed by atoms with van der Waals surface area (Å²) in [4.78, 5) is 11.9. The smallest absolute Gasteiger partial charge is 0.223 e. The summed E-state index contributed by atoms with van der Waals surface area (Å²) in [6, 6.07) is 0. The van der Waals surface area contributed by atoms with Crippen molar-refractivity contribution in [3.8, 4) is 0 Å². The van der Waals surface area contributed by atoms with Gasteiger partial charge in [0.1, 0.15) is 0 Å². The number of carbonyl (C=O) groups excluding carboxylic acids is 1. The van der Waals surface area contributed by atoms with Gasteiger partial charge in [0.2, 0.25) is 5.91 Å². The van der Waals surface area contributed by atoms with E-state index in [9.17, 15) is 4.79 Å². The summed E-state index contributed by atoms with van der Waals surface area (Å²) in [5, 5.41) is 11.6. The number of hydrogen-bond donors (Lipinski definition) is 2. The van der Waals surface area contributed by atoms with Gasteiger partial charge in [0.15, 0.2) is 0 Å². The van der Waals surface area contributed by atoms with Crippen LogP contribution in [0.4, 0.5) is 0 Å². The lowest BCUT2D eigenvalue weighted by atomic mass is 9.81. The van der Waals surface area contributed by atoms with Gasteiger partial charge >= 0.3 is 0 Å². The predicted octanol–water partition coefficient (Wildman–Crippen LogP) is 5.88. The van der Waals surface area contributed by atoms with Gasteiger partial charge in [-0.2, -0.15) is 0 Å². The first kappa shape index (κ1) is 24.4. The highest BCUT2D eigenvalue weighted by Gasteiger charge is 2.24. The van der Waals surface area contributed by atoms with Crippen LogP contribution in [0, 0.1) is 11.8 Å². The molecule has 0 aliphatic heterocycles. The maximum absolute atomic E-state index is 11.9. The topological polar surface area (TPSA) is 49.3 Å². The molecule has 3 nitrogen and oxygen atoms in total. The van der Waals surface area contributed by atoms with Gasteiger partial charge < -0.3 is 10.4 Å². The molecule has 0 unspecified atom stereocenters. The molecular formula is C25H41NO2. The fourth-order valence-corrected chi connectivity index (χ4v) is 3.52. The van der Waals surface area contributed by atoms with Crippen LogP contribution < -0.4 is 5.32 Å². The summed E-state index contributed by atoms with van der Waals surface area (Å²) in [6.07, 6.45) is 30.4. The first-order valence-electron chi connectivity index (χ1n) is 11.3. The molecular weight excluding hydrogens is 346 g/mol. The highest BCUT2D eigenvalue weighted by molar-refractivity contribution is 5.78. The van der Waals surface area contributed by atoms with E-state index in [1.165, 1.54) is 25.7 Å². The van der Waals surface area contributed by atoms with Crippen LogP contribution in [0.1, 0.15) is 77.6 Å². The molecule has 0 spiro atoms. The molecule has 1 aliphatic carbocycles. The van der Waals surface area contributed by atoms with E-state index in [1.807, 2.05) is 0 Å². The molecule has 1 aliphatic rings. The van der Waals surface area contributed by atoms with Crippen molar-refractivity contribution in [1.29, 1.82) is 0 Å². The Morgan fingerprint density at radius 1 is 0.893 bits per heavy atom. The van der Waals surface area contributed by atoms with Crippen LogP contribution in [0.3, 0.4) is 0 Å². The van der Waals surface area contributed by atoms with E-state index in [4.69, 9.17) is 5.11 Å². The van der Waals surface area contributed by atoms with E-state index in [1.54, 1.807) is 0 Å². The van der Waals surface area contributed by atoms with E-state index < -0.39 is 0 Å². The lowest BCUT2D eigenvalue weighted by molar-refractivity contribution is -0.126.